The Labute approximate surface area is 152 Å². The molecule has 0 aliphatic carbocycles. The monoisotopic (exact) mass is 348 g/mol. The molecule has 0 unspecified atom stereocenters. The van der Waals surface area contributed by atoms with Gasteiger partial charge in [-0.15, -0.1) is 5.10 Å². The number of nitrogens with zero attached hydrogens (tertiary/aromatic N) is 4. The second kappa shape index (κ2) is 7.09. The van der Waals surface area contributed by atoms with Gasteiger partial charge in [0.15, 0.2) is 5.82 Å². The van der Waals surface area contributed by atoms with Gasteiger partial charge >= 0.3 is 0 Å². The summed E-state index contributed by atoms with van der Waals surface area (Å²) in [6, 6.07) is 17.8. The molecule has 1 saturated heterocycles. The number of hydrogen-bond donors (Lipinski definition) is 0. The number of carbonyl (C=O) groups excluding carboxylic acids is 1. The van der Waals surface area contributed by atoms with Gasteiger partial charge in [0, 0.05) is 18.7 Å². The molecule has 0 spiro atoms. The molecular formula is C20H20N4O2. The minimum atomic E-state index is -0.156. The molecule has 6 nitrogen and oxygen atoms in total. The minimum absolute atomic E-state index is 0.156. The smallest absolute Gasteiger partial charge is 0.293 e. The van der Waals surface area contributed by atoms with E-state index >= 15 is 0 Å². The fraction of sp³-hybridized carbons (Fsp3) is 0.250. The summed E-state index contributed by atoms with van der Waals surface area (Å²) < 4.78 is 7.07. The van der Waals surface area contributed by atoms with E-state index < -0.39 is 0 Å². The van der Waals surface area contributed by atoms with E-state index in [1.807, 2.05) is 61.5 Å². The van der Waals surface area contributed by atoms with E-state index in [1.165, 1.54) is 0 Å². The number of aromatic nitrogens is 3. The number of morpholine rings is 1. The molecule has 6 heteroatoms. The van der Waals surface area contributed by atoms with Gasteiger partial charge in [-0.2, -0.15) is 0 Å². The van der Waals surface area contributed by atoms with Crippen molar-refractivity contribution in [3.63, 3.8) is 0 Å². The van der Waals surface area contributed by atoms with E-state index in [0.29, 0.717) is 32.1 Å². The Morgan fingerprint density at radius 1 is 1.04 bits per heavy atom. The molecule has 1 aliphatic heterocycles. The van der Waals surface area contributed by atoms with Crippen molar-refractivity contribution in [1.29, 1.82) is 0 Å². The molecule has 0 radical (unpaired) electrons. The minimum Gasteiger partial charge on any atom is -0.378 e. The SMILES string of the molecule is Cc1cccc(-n2nc(C(=O)N3CCOCC3)nc2-c2ccccc2)c1. The molecular weight excluding hydrogens is 328 g/mol. The summed E-state index contributed by atoms with van der Waals surface area (Å²) in [5, 5.41) is 4.55. The van der Waals surface area contributed by atoms with Gasteiger partial charge < -0.3 is 9.64 Å². The number of ether oxygens (including phenoxy) is 1. The predicted molar refractivity (Wildman–Crippen MR) is 98.3 cm³/mol. The number of benzene rings is 2. The first-order valence-corrected chi connectivity index (χ1v) is 8.69. The Kier molecular flexibility index (Phi) is 4.50. The molecule has 4 rings (SSSR count). The Balaban J connectivity index is 1.79. The number of rotatable bonds is 3. The quantitative estimate of drug-likeness (QED) is 0.730. The van der Waals surface area contributed by atoms with Crippen LogP contribution in [0.4, 0.5) is 0 Å². The maximum atomic E-state index is 12.8. The van der Waals surface area contributed by atoms with Crippen molar-refractivity contribution in [2.45, 2.75) is 6.92 Å². The molecule has 1 amide bonds. The highest BCUT2D eigenvalue weighted by molar-refractivity contribution is 5.91. The van der Waals surface area contributed by atoms with Crippen LogP contribution in [0.25, 0.3) is 17.1 Å². The molecule has 1 fully saturated rings. The van der Waals surface area contributed by atoms with Gasteiger partial charge in [-0.3, -0.25) is 4.79 Å². The fourth-order valence-corrected chi connectivity index (χ4v) is 3.02. The highest BCUT2D eigenvalue weighted by atomic mass is 16.5. The Morgan fingerprint density at radius 3 is 2.54 bits per heavy atom. The van der Waals surface area contributed by atoms with Gasteiger partial charge in [-0.1, -0.05) is 42.5 Å². The van der Waals surface area contributed by atoms with Crippen LogP contribution < -0.4 is 0 Å². The van der Waals surface area contributed by atoms with E-state index in [9.17, 15) is 4.79 Å². The third-order valence-electron chi connectivity index (χ3n) is 4.37. The summed E-state index contributed by atoms with van der Waals surface area (Å²) >= 11 is 0. The van der Waals surface area contributed by atoms with Gasteiger partial charge in [0.05, 0.1) is 18.9 Å². The molecule has 0 N–H and O–H groups in total. The van der Waals surface area contributed by atoms with Crippen molar-refractivity contribution in [2.75, 3.05) is 26.3 Å². The molecule has 1 aromatic heterocycles. The molecule has 2 aromatic carbocycles. The lowest BCUT2D eigenvalue weighted by atomic mass is 10.2. The highest BCUT2D eigenvalue weighted by Crippen LogP contribution is 2.22. The maximum absolute atomic E-state index is 12.8. The van der Waals surface area contributed by atoms with Crippen molar-refractivity contribution in [1.82, 2.24) is 19.7 Å². The van der Waals surface area contributed by atoms with Crippen LogP contribution in [0.5, 0.6) is 0 Å². The molecule has 26 heavy (non-hydrogen) atoms. The van der Waals surface area contributed by atoms with Gasteiger partial charge in [-0.05, 0) is 24.6 Å². The average Bonchev–Trinajstić information content (AvgIpc) is 3.14. The summed E-state index contributed by atoms with van der Waals surface area (Å²) in [5.41, 5.74) is 2.93. The summed E-state index contributed by atoms with van der Waals surface area (Å²) in [4.78, 5) is 19.2. The van der Waals surface area contributed by atoms with Crippen molar-refractivity contribution in [3.8, 4) is 17.1 Å². The van der Waals surface area contributed by atoms with Crippen LogP contribution in [-0.2, 0) is 4.74 Å². The zero-order valence-electron chi connectivity index (χ0n) is 14.6. The standard InChI is InChI=1S/C20H20N4O2/c1-15-6-5-9-17(14-15)24-19(16-7-3-2-4-8-16)21-18(22-24)20(25)23-10-12-26-13-11-23/h2-9,14H,10-13H2,1H3. The topological polar surface area (TPSA) is 60.2 Å². The Morgan fingerprint density at radius 2 is 1.81 bits per heavy atom. The van der Waals surface area contributed by atoms with Crippen LogP contribution in [0.2, 0.25) is 0 Å². The van der Waals surface area contributed by atoms with E-state index in [0.717, 1.165) is 16.8 Å². The summed E-state index contributed by atoms with van der Waals surface area (Å²) in [7, 11) is 0. The lowest BCUT2D eigenvalue weighted by Crippen LogP contribution is -2.41. The molecule has 1 aliphatic rings. The molecule has 3 aromatic rings. The Bertz CT molecular complexity index is 915. The molecule has 132 valence electrons. The average molecular weight is 348 g/mol. The molecule has 0 saturated carbocycles. The van der Waals surface area contributed by atoms with E-state index in [-0.39, 0.29) is 11.7 Å². The van der Waals surface area contributed by atoms with Crippen molar-refractivity contribution in [3.05, 3.63) is 66.0 Å². The van der Waals surface area contributed by atoms with Crippen molar-refractivity contribution in [2.24, 2.45) is 0 Å². The van der Waals surface area contributed by atoms with Crippen LogP contribution in [-0.4, -0.2) is 51.9 Å². The van der Waals surface area contributed by atoms with Crippen molar-refractivity contribution < 1.29 is 9.53 Å². The lowest BCUT2D eigenvalue weighted by Gasteiger charge is -2.25. The third kappa shape index (κ3) is 3.23. The van der Waals surface area contributed by atoms with Crippen LogP contribution >= 0.6 is 0 Å². The number of hydrogen-bond acceptors (Lipinski definition) is 4. The summed E-state index contributed by atoms with van der Waals surface area (Å²) in [6.07, 6.45) is 0. The van der Waals surface area contributed by atoms with Crippen LogP contribution in [0.3, 0.4) is 0 Å². The van der Waals surface area contributed by atoms with E-state index in [4.69, 9.17) is 4.74 Å². The lowest BCUT2D eigenvalue weighted by molar-refractivity contribution is 0.0295. The van der Waals surface area contributed by atoms with E-state index in [1.54, 1.807) is 9.58 Å². The molecule has 0 bridgehead atoms. The van der Waals surface area contributed by atoms with Crippen LogP contribution in [0.15, 0.2) is 54.6 Å². The summed E-state index contributed by atoms with van der Waals surface area (Å²) in [5.74, 6) is 0.719. The molecule has 0 atom stereocenters. The summed E-state index contributed by atoms with van der Waals surface area (Å²) in [6.45, 7) is 4.27. The predicted octanol–water partition coefficient (Wildman–Crippen LogP) is 2.72. The maximum Gasteiger partial charge on any atom is 0.293 e. The fourth-order valence-electron chi connectivity index (χ4n) is 3.02. The first-order chi connectivity index (χ1) is 12.7. The highest BCUT2D eigenvalue weighted by Gasteiger charge is 2.24. The Hall–Kier alpha value is -2.99. The van der Waals surface area contributed by atoms with E-state index in [2.05, 4.69) is 10.1 Å². The van der Waals surface area contributed by atoms with Gasteiger partial charge in [0.25, 0.3) is 5.91 Å². The first kappa shape index (κ1) is 16.5. The third-order valence-corrected chi connectivity index (χ3v) is 4.37. The zero-order chi connectivity index (χ0) is 17.9. The second-order valence-corrected chi connectivity index (χ2v) is 6.28. The number of aryl methyl sites for hydroxylation is 1. The first-order valence-electron chi connectivity index (χ1n) is 8.69. The van der Waals surface area contributed by atoms with Crippen LogP contribution in [0.1, 0.15) is 16.2 Å². The van der Waals surface area contributed by atoms with Gasteiger partial charge in [-0.25, -0.2) is 9.67 Å². The molecule has 2 heterocycles. The van der Waals surface area contributed by atoms with Gasteiger partial charge in [0.1, 0.15) is 0 Å². The number of carbonyl (C=O) groups is 1. The normalized spacial score (nSPS) is 14.4. The zero-order valence-corrected chi connectivity index (χ0v) is 14.6. The largest absolute Gasteiger partial charge is 0.378 e. The van der Waals surface area contributed by atoms with Crippen LogP contribution in [0, 0.1) is 6.92 Å². The van der Waals surface area contributed by atoms with Gasteiger partial charge in [0.2, 0.25) is 5.82 Å². The number of amides is 1. The van der Waals surface area contributed by atoms with Crippen molar-refractivity contribution >= 4 is 5.91 Å². The second-order valence-electron chi connectivity index (χ2n) is 6.28.